The van der Waals surface area contributed by atoms with Crippen LogP contribution in [0.5, 0.6) is 0 Å². The molecule has 5 heteroatoms. The Morgan fingerprint density at radius 3 is 2.79 bits per heavy atom. The predicted molar refractivity (Wildman–Crippen MR) is 52.2 cm³/mol. The van der Waals surface area contributed by atoms with E-state index in [2.05, 4.69) is 5.32 Å². The second-order valence-corrected chi connectivity index (χ2v) is 3.12. The second-order valence-electron chi connectivity index (χ2n) is 3.12. The maximum absolute atomic E-state index is 10.2. The van der Waals surface area contributed by atoms with Gasteiger partial charge in [0, 0.05) is 26.2 Å². The third-order valence-electron chi connectivity index (χ3n) is 1.85. The molecular weight excluding hydrogens is 186 g/mol. The van der Waals surface area contributed by atoms with Crippen molar-refractivity contribution in [3.8, 4) is 0 Å². The molecule has 0 rings (SSSR count). The highest BCUT2D eigenvalue weighted by Gasteiger charge is 2.06. The monoisotopic (exact) mass is 205 g/mol. The van der Waals surface area contributed by atoms with Crippen molar-refractivity contribution >= 4 is 5.97 Å². The number of aliphatic hydroxyl groups is 1. The van der Waals surface area contributed by atoms with Crippen molar-refractivity contribution in [3.05, 3.63) is 0 Å². The third kappa shape index (κ3) is 7.97. The third-order valence-corrected chi connectivity index (χ3v) is 1.85. The molecule has 0 heterocycles. The molecule has 0 aromatic rings. The van der Waals surface area contributed by atoms with Gasteiger partial charge in [0.25, 0.3) is 0 Å². The van der Waals surface area contributed by atoms with Gasteiger partial charge in [0.1, 0.15) is 0 Å². The van der Waals surface area contributed by atoms with Crippen molar-refractivity contribution in [2.75, 3.05) is 26.9 Å². The van der Waals surface area contributed by atoms with Crippen LogP contribution in [0, 0.1) is 0 Å². The smallest absolute Gasteiger partial charge is 0.303 e. The molecule has 0 radical (unpaired) electrons. The summed E-state index contributed by atoms with van der Waals surface area (Å²) in [7, 11) is 1.60. The molecule has 0 saturated carbocycles. The van der Waals surface area contributed by atoms with Gasteiger partial charge in [-0.2, -0.15) is 0 Å². The van der Waals surface area contributed by atoms with E-state index in [9.17, 15) is 4.79 Å². The quantitative estimate of drug-likeness (QED) is 0.456. The Balaban J connectivity index is 3.44. The molecule has 0 aromatic carbocycles. The van der Waals surface area contributed by atoms with Gasteiger partial charge in [-0.1, -0.05) is 0 Å². The van der Waals surface area contributed by atoms with Gasteiger partial charge in [-0.05, 0) is 19.4 Å². The summed E-state index contributed by atoms with van der Waals surface area (Å²) in [6.45, 7) is 1.29. The van der Waals surface area contributed by atoms with E-state index in [0.717, 1.165) is 0 Å². The van der Waals surface area contributed by atoms with E-state index in [1.807, 2.05) is 0 Å². The standard InChI is InChI=1S/C9H19NO4/c1-14-7-8(4-6-11)10-5-2-3-9(12)13/h8,10-11H,2-7H2,1H3,(H,12,13). The van der Waals surface area contributed by atoms with E-state index in [-0.39, 0.29) is 19.1 Å². The van der Waals surface area contributed by atoms with Crippen LogP contribution in [0.4, 0.5) is 0 Å². The summed E-state index contributed by atoms with van der Waals surface area (Å²) in [6.07, 6.45) is 1.40. The maximum atomic E-state index is 10.2. The summed E-state index contributed by atoms with van der Waals surface area (Å²) >= 11 is 0. The Morgan fingerprint density at radius 1 is 1.57 bits per heavy atom. The highest BCUT2D eigenvalue weighted by Crippen LogP contribution is 1.93. The average Bonchev–Trinajstić information content (AvgIpc) is 2.12. The molecule has 84 valence electrons. The van der Waals surface area contributed by atoms with Gasteiger partial charge < -0.3 is 20.3 Å². The van der Waals surface area contributed by atoms with Crippen molar-refractivity contribution in [2.45, 2.75) is 25.3 Å². The molecule has 0 fully saturated rings. The summed E-state index contributed by atoms with van der Waals surface area (Å²) in [5, 5.41) is 20.2. The Morgan fingerprint density at radius 2 is 2.29 bits per heavy atom. The lowest BCUT2D eigenvalue weighted by atomic mass is 10.2. The van der Waals surface area contributed by atoms with Crippen LogP contribution >= 0.6 is 0 Å². The van der Waals surface area contributed by atoms with Gasteiger partial charge in [-0.15, -0.1) is 0 Å². The summed E-state index contributed by atoms with van der Waals surface area (Å²) in [4.78, 5) is 10.2. The van der Waals surface area contributed by atoms with Gasteiger partial charge in [0.05, 0.1) is 6.61 Å². The Hall–Kier alpha value is -0.650. The van der Waals surface area contributed by atoms with Gasteiger partial charge in [0.2, 0.25) is 0 Å². The zero-order valence-electron chi connectivity index (χ0n) is 8.53. The SMILES string of the molecule is COCC(CCO)NCCCC(=O)O. The topological polar surface area (TPSA) is 78.8 Å². The number of aliphatic carboxylic acids is 1. The van der Waals surface area contributed by atoms with Crippen molar-refractivity contribution < 1.29 is 19.7 Å². The minimum absolute atomic E-state index is 0.110. The lowest BCUT2D eigenvalue weighted by molar-refractivity contribution is -0.137. The van der Waals surface area contributed by atoms with E-state index < -0.39 is 5.97 Å². The van der Waals surface area contributed by atoms with Crippen molar-refractivity contribution in [2.24, 2.45) is 0 Å². The van der Waals surface area contributed by atoms with E-state index in [1.165, 1.54) is 0 Å². The molecule has 1 atom stereocenters. The predicted octanol–water partition coefficient (Wildman–Crippen LogP) is -0.162. The van der Waals surface area contributed by atoms with Crippen LogP contribution in [0.15, 0.2) is 0 Å². The van der Waals surface area contributed by atoms with Crippen LogP contribution < -0.4 is 5.32 Å². The molecule has 1 unspecified atom stereocenters. The van der Waals surface area contributed by atoms with Gasteiger partial charge >= 0.3 is 5.97 Å². The minimum atomic E-state index is -0.780. The first-order valence-electron chi connectivity index (χ1n) is 4.75. The van der Waals surface area contributed by atoms with Crippen LogP contribution in [0.2, 0.25) is 0 Å². The minimum Gasteiger partial charge on any atom is -0.481 e. The van der Waals surface area contributed by atoms with Gasteiger partial charge in [0.15, 0.2) is 0 Å². The highest BCUT2D eigenvalue weighted by atomic mass is 16.5. The Kier molecular flexibility index (Phi) is 8.51. The number of methoxy groups -OCH3 is 1. The molecule has 0 bridgehead atoms. The molecule has 0 aliphatic carbocycles. The number of rotatable bonds is 9. The first-order valence-corrected chi connectivity index (χ1v) is 4.75. The lowest BCUT2D eigenvalue weighted by Gasteiger charge is -2.16. The molecule has 0 aromatic heterocycles. The van der Waals surface area contributed by atoms with Crippen LogP contribution in [0.25, 0.3) is 0 Å². The summed E-state index contributed by atoms with van der Waals surface area (Å²) < 4.78 is 4.94. The number of ether oxygens (including phenoxy) is 1. The number of carboxylic acid groups (broad SMARTS) is 1. The highest BCUT2D eigenvalue weighted by molar-refractivity contribution is 5.66. The van der Waals surface area contributed by atoms with E-state index in [0.29, 0.717) is 26.0 Å². The fourth-order valence-electron chi connectivity index (χ4n) is 1.15. The van der Waals surface area contributed by atoms with E-state index in [1.54, 1.807) is 7.11 Å². The molecular formula is C9H19NO4. The van der Waals surface area contributed by atoms with Crippen LogP contribution in [-0.2, 0) is 9.53 Å². The summed E-state index contributed by atoms with van der Waals surface area (Å²) in [5.41, 5.74) is 0. The average molecular weight is 205 g/mol. The fraction of sp³-hybridized carbons (Fsp3) is 0.889. The van der Waals surface area contributed by atoms with Crippen LogP contribution in [-0.4, -0.2) is 49.1 Å². The van der Waals surface area contributed by atoms with E-state index >= 15 is 0 Å². The summed E-state index contributed by atoms with van der Waals surface area (Å²) in [6, 6.07) is 0.110. The lowest BCUT2D eigenvalue weighted by Crippen LogP contribution is -2.34. The Bertz CT molecular complexity index is 146. The number of hydrogen-bond acceptors (Lipinski definition) is 4. The molecule has 0 saturated heterocycles. The summed E-state index contributed by atoms with van der Waals surface area (Å²) in [5.74, 6) is -0.780. The Labute approximate surface area is 84.1 Å². The largest absolute Gasteiger partial charge is 0.481 e. The van der Waals surface area contributed by atoms with E-state index in [4.69, 9.17) is 14.9 Å². The normalized spacial score (nSPS) is 12.7. The molecule has 0 amide bonds. The second kappa shape index (κ2) is 8.93. The molecule has 14 heavy (non-hydrogen) atoms. The number of hydrogen-bond donors (Lipinski definition) is 3. The number of aliphatic hydroxyl groups excluding tert-OH is 1. The van der Waals surface area contributed by atoms with Crippen LogP contribution in [0.3, 0.4) is 0 Å². The zero-order chi connectivity index (χ0) is 10.8. The zero-order valence-corrected chi connectivity index (χ0v) is 8.53. The first kappa shape index (κ1) is 13.4. The molecule has 0 aliphatic heterocycles. The molecule has 0 aliphatic rings. The molecule has 3 N–H and O–H groups in total. The van der Waals surface area contributed by atoms with Crippen LogP contribution in [0.1, 0.15) is 19.3 Å². The van der Waals surface area contributed by atoms with Gasteiger partial charge in [-0.25, -0.2) is 0 Å². The number of carbonyl (C=O) groups is 1. The fourth-order valence-corrected chi connectivity index (χ4v) is 1.15. The van der Waals surface area contributed by atoms with Crippen molar-refractivity contribution in [3.63, 3.8) is 0 Å². The number of carboxylic acids is 1. The van der Waals surface area contributed by atoms with Crippen molar-refractivity contribution in [1.82, 2.24) is 5.32 Å². The molecule has 0 spiro atoms. The van der Waals surface area contributed by atoms with Gasteiger partial charge in [-0.3, -0.25) is 4.79 Å². The molecule has 5 nitrogen and oxygen atoms in total. The first-order chi connectivity index (χ1) is 6.70. The number of nitrogens with one attached hydrogen (secondary N) is 1. The van der Waals surface area contributed by atoms with Crippen molar-refractivity contribution in [1.29, 1.82) is 0 Å². The maximum Gasteiger partial charge on any atom is 0.303 e.